The molecule has 3 aromatic carbocycles. The Morgan fingerprint density at radius 1 is 0.489 bits per heavy atom. The van der Waals surface area contributed by atoms with Crippen molar-refractivity contribution in [2.45, 2.75) is 84.3 Å². The van der Waals surface area contributed by atoms with Gasteiger partial charge in [0.05, 0.1) is 57.4 Å². The lowest BCUT2D eigenvalue weighted by Crippen LogP contribution is -2.32. The Labute approximate surface area is 265 Å². The van der Waals surface area contributed by atoms with Crippen LogP contribution in [0, 0.1) is 0 Å². The molecule has 9 heteroatoms. The van der Waals surface area contributed by atoms with Crippen LogP contribution in [-0.2, 0) is 62.6 Å². The zero-order valence-corrected chi connectivity index (χ0v) is 26.3. The molecule has 0 amide bonds. The first kappa shape index (κ1) is 35.4. The number of benzene rings is 3. The van der Waals surface area contributed by atoms with Crippen molar-refractivity contribution >= 4 is 17.9 Å². The van der Waals surface area contributed by atoms with Gasteiger partial charge in [-0.2, -0.15) is 0 Å². The topological polar surface area (TPSA) is 107 Å². The molecule has 0 bridgehead atoms. The monoisotopic (exact) mass is 620 g/mol. The average molecular weight is 621 g/mol. The summed E-state index contributed by atoms with van der Waals surface area (Å²) in [5.74, 6) is -1.61. The van der Waals surface area contributed by atoms with Gasteiger partial charge in [0.2, 0.25) is 0 Å². The number of esters is 3. The Morgan fingerprint density at radius 2 is 0.800 bits per heavy atom. The first-order chi connectivity index (χ1) is 21.8. The smallest absolute Gasteiger partial charge is 0.308 e. The Bertz CT molecular complexity index is 1200. The van der Waals surface area contributed by atoms with Crippen LogP contribution in [0.5, 0.6) is 0 Å². The van der Waals surface area contributed by atoms with Crippen molar-refractivity contribution in [1.29, 1.82) is 0 Å². The Morgan fingerprint density at radius 3 is 1.13 bits per heavy atom. The summed E-state index contributed by atoms with van der Waals surface area (Å²) in [5, 5.41) is 0. The molecule has 0 aromatic heterocycles. The molecule has 45 heavy (non-hydrogen) atoms. The fourth-order valence-electron chi connectivity index (χ4n) is 4.16. The van der Waals surface area contributed by atoms with Gasteiger partial charge in [-0.05, 0) is 37.5 Å². The highest BCUT2D eigenvalue weighted by molar-refractivity contribution is 5.71. The third kappa shape index (κ3) is 15.5. The van der Waals surface area contributed by atoms with E-state index < -0.39 is 42.3 Å². The summed E-state index contributed by atoms with van der Waals surface area (Å²) in [7, 11) is 0. The lowest BCUT2D eigenvalue weighted by molar-refractivity contribution is -0.170. The molecule has 0 N–H and O–H groups in total. The van der Waals surface area contributed by atoms with Crippen molar-refractivity contribution in [2.75, 3.05) is 13.2 Å². The molecular formula is C36H44O9. The number of carbonyl (C=O) groups excluding carboxylic acids is 3. The van der Waals surface area contributed by atoms with Crippen LogP contribution in [0.4, 0.5) is 0 Å². The Hall–Kier alpha value is -4.05. The molecule has 0 saturated heterocycles. The first-order valence-electron chi connectivity index (χ1n) is 15.2. The summed E-state index contributed by atoms with van der Waals surface area (Å²) in [6.45, 7) is 5.86. The summed E-state index contributed by atoms with van der Waals surface area (Å²) in [6, 6.07) is 28.9. The summed E-state index contributed by atoms with van der Waals surface area (Å²) < 4.78 is 33.6. The van der Waals surface area contributed by atoms with Crippen LogP contribution >= 0.6 is 0 Å². The standard InChI is InChI=1S/C36H44O9/c1-27(40-22-30-13-7-4-8-14-30)19-34(37)43-25-33(45-36(39)21-29(3)42-24-32-17-11-6-12-18-32)26-44-35(38)20-28(2)41-23-31-15-9-5-10-16-31/h4-18,27-29,33H,19-26H2,1-3H3. The molecule has 0 spiro atoms. The van der Waals surface area contributed by atoms with E-state index in [0.717, 1.165) is 16.7 Å². The van der Waals surface area contributed by atoms with Crippen molar-refractivity contribution < 1.29 is 42.8 Å². The second kappa shape index (κ2) is 20.1. The van der Waals surface area contributed by atoms with Gasteiger partial charge in [-0.3, -0.25) is 14.4 Å². The molecule has 0 aliphatic heterocycles. The summed E-state index contributed by atoms with van der Waals surface area (Å²) in [6.07, 6.45) is -2.21. The molecule has 0 radical (unpaired) electrons. The van der Waals surface area contributed by atoms with Crippen LogP contribution in [0.2, 0.25) is 0 Å². The summed E-state index contributed by atoms with van der Waals surface area (Å²) in [4.78, 5) is 37.8. The van der Waals surface area contributed by atoms with Crippen molar-refractivity contribution in [1.82, 2.24) is 0 Å². The molecule has 0 aliphatic rings. The number of ether oxygens (including phenoxy) is 6. The third-order valence-electron chi connectivity index (χ3n) is 6.65. The number of hydrogen-bond acceptors (Lipinski definition) is 9. The quantitative estimate of drug-likeness (QED) is 0.112. The lowest BCUT2D eigenvalue weighted by atomic mass is 10.2. The van der Waals surface area contributed by atoms with Crippen LogP contribution in [0.3, 0.4) is 0 Å². The van der Waals surface area contributed by atoms with E-state index in [-0.39, 0.29) is 32.5 Å². The van der Waals surface area contributed by atoms with Gasteiger partial charge in [-0.1, -0.05) is 91.0 Å². The predicted molar refractivity (Wildman–Crippen MR) is 168 cm³/mol. The van der Waals surface area contributed by atoms with Gasteiger partial charge in [0.25, 0.3) is 0 Å². The summed E-state index contributed by atoms with van der Waals surface area (Å²) >= 11 is 0. The number of carbonyl (C=O) groups is 3. The molecule has 3 atom stereocenters. The van der Waals surface area contributed by atoms with E-state index in [9.17, 15) is 14.4 Å². The fourth-order valence-corrected chi connectivity index (χ4v) is 4.16. The third-order valence-corrected chi connectivity index (χ3v) is 6.65. The van der Waals surface area contributed by atoms with Gasteiger partial charge in [-0.25, -0.2) is 0 Å². The highest BCUT2D eigenvalue weighted by Crippen LogP contribution is 2.11. The largest absolute Gasteiger partial charge is 0.462 e. The predicted octanol–water partition coefficient (Wildman–Crippen LogP) is 5.97. The van der Waals surface area contributed by atoms with Crippen LogP contribution < -0.4 is 0 Å². The van der Waals surface area contributed by atoms with Gasteiger partial charge < -0.3 is 28.4 Å². The molecule has 9 nitrogen and oxygen atoms in total. The minimum Gasteiger partial charge on any atom is -0.462 e. The average Bonchev–Trinajstić information content (AvgIpc) is 3.04. The first-order valence-corrected chi connectivity index (χ1v) is 15.2. The van der Waals surface area contributed by atoms with E-state index in [1.807, 2.05) is 91.0 Å². The molecule has 242 valence electrons. The molecule has 0 saturated carbocycles. The molecule has 3 aromatic rings. The van der Waals surface area contributed by atoms with Crippen molar-refractivity contribution in [2.24, 2.45) is 0 Å². The van der Waals surface area contributed by atoms with E-state index >= 15 is 0 Å². The Balaban J connectivity index is 1.46. The second-order valence-electron chi connectivity index (χ2n) is 10.9. The van der Waals surface area contributed by atoms with E-state index in [2.05, 4.69) is 0 Å². The maximum absolute atomic E-state index is 12.7. The number of hydrogen-bond donors (Lipinski definition) is 0. The van der Waals surface area contributed by atoms with Gasteiger partial charge in [-0.15, -0.1) is 0 Å². The SMILES string of the molecule is CC(CC(=O)OCC(COC(=O)CC(C)OCc1ccccc1)OC(=O)CC(C)OCc1ccccc1)OCc1ccccc1. The van der Waals surface area contributed by atoms with E-state index in [1.165, 1.54) is 0 Å². The van der Waals surface area contributed by atoms with Crippen molar-refractivity contribution in [3.8, 4) is 0 Å². The highest BCUT2D eigenvalue weighted by Gasteiger charge is 2.23. The molecule has 0 heterocycles. The Kier molecular flexibility index (Phi) is 15.8. The minimum atomic E-state index is -0.993. The zero-order valence-electron chi connectivity index (χ0n) is 26.3. The highest BCUT2D eigenvalue weighted by atomic mass is 16.6. The molecule has 3 unspecified atom stereocenters. The maximum Gasteiger partial charge on any atom is 0.308 e. The van der Waals surface area contributed by atoms with Gasteiger partial charge in [0.1, 0.15) is 13.2 Å². The molecule has 3 rings (SSSR count). The van der Waals surface area contributed by atoms with Gasteiger partial charge in [0.15, 0.2) is 6.10 Å². The van der Waals surface area contributed by atoms with Crippen LogP contribution in [0.1, 0.15) is 56.7 Å². The second-order valence-corrected chi connectivity index (χ2v) is 10.9. The molecular weight excluding hydrogens is 576 g/mol. The van der Waals surface area contributed by atoms with Crippen LogP contribution in [-0.4, -0.2) is 55.5 Å². The van der Waals surface area contributed by atoms with Gasteiger partial charge >= 0.3 is 17.9 Å². The fraction of sp³-hybridized carbons (Fsp3) is 0.417. The summed E-state index contributed by atoms with van der Waals surface area (Å²) in [5.41, 5.74) is 2.97. The normalized spacial score (nSPS) is 13.7. The number of rotatable bonds is 20. The lowest BCUT2D eigenvalue weighted by Gasteiger charge is -2.20. The van der Waals surface area contributed by atoms with Crippen molar-refractivity contribution in [3.05, 3.63) is 108 Å². The van der Waals surface area contributed by atoms with E-state index in [0.29, 0.717) is 19.8 Å². The van der Waals surface area contributed by atoms with E-state index in [1.54, 1.807) is 20.8 Å². The molecule has 0 fully saturated rings. The maximum atomic E-state index is 12.7. The van der Waals surface area contributed by atoms with Crippen molar-refractivity contribution in [3.63, 3.8) is 0 Å². The minimum absolute atomic E-state index is 0.00785. The van der Waals surface area contributed by atoms with Gasteiger partial charge in [0, 0.05) is 0 Å². The molecule has 0 aliphatic carbocycles. The zero-order chi connectivity index (χ0) is 32.3. The van der Waals surface area contributed by atoms with Crippen LogP contribution in [0.15, 0.2) is 91.0 Å². The van der Waals surface area contributed by atoms with Crippen LogP contribution in [0.25, 0.3) is 0 Å². The van der Waals surface area contributed by atoms with E-state index in [4.69, 9.17) is 28.4 Å².